The molecule has 0 aliphatic carbocycles. The number of nitrogens with zero attached hydrogens (tertiary/aromatic N) is 2. The summed E-state index contributed by atoms with van der Waals surface area (Å²) < 4.78 is 91.2. The van der Waals surface area contributed by atoms with Crippen molar-refractivity contribution >= 4 is 0 Å². The molecule has 1 aromatic heterocycles. The Kier molecular flexibility index (Phi) is 4.29. The first-order valence-electron chi connectivity index (χ1n) is 6.05. The number of halogens is 7. The van der Waals surface area contributed by atoms with Crippen molar-refractivity contribution in [1.29, 1.82) is 0 Å². The first-order valence-corrected chi connectivity index (χ1v) is 6.05. The molecule has 0 aliphatic rings. The van der Waals surface area contributed by atoms with Gasteiger partial charge in [0.2, 0.25) is 0 Å². The highest BCUT2D eigenvalue weighted by Gasteiger charge is 2.38. The number of hydrogen-bond acceptors (Lipinski definition) is 3. The van der Waals surface area contributed by atoms with Crippen LogP contribution in [0.5, 0.6) is 0 Å². The van der Waals surface area contributed by atoms with Crippen LogP contribution >= 0.6 is 0 Å². The fourth-order valence-corrected chi connectivity index (χ4v) is 1.87. The third-order valence-corrected chi connectivity index (χ3v) is 2.92. The third kappa shape index (κ3) is 3.41. The van der Waals surface area contributed by atoms with E-state index < -0.39 is 47.4 Å². The molecule has 0 unspecified atom stereocenters. The molecule has 1 aromatic carbocycles. The van der Waals surface area contributed by atoms with E-state index in [0.29, 0.717) is 18.3 Å². The van der Waals surface area contributed by atoms with Crippen LogP contribution in [0.15, 0.2) is 24.4 Å². The molecule has 23 heavy (non-hydrogen) atoms. The number of nitrogens with two attached hydrogens (primary N) is 1. The fourth-order valence-electron chi connectivity index (χ4n) is 1.87. The number of benzene rings is 1. The van der Waals surface area contributed by atoms with Crippen molar-refractivity contribution in [3.8, 4) is 11.4 Å². The minimum atomic E-state index is -5.00. The molecule has 1 heterocycles. The van der Waals surface area contributed by atoms with Crippen molar-refractivity contribution in [2.75, 3.05) is 0 Å². The van der Waals surface area contributed by atoms with Gasteiger partial charge >= 0.3 is 12.4 Å². The molecule has 10 heteroatoms. The van der Waals surface area contributed by atoms with E-state index in [4.69, 9.17) is 5.73 Å². The molecule has 2 N–H and O–H groups in total. The maximum absolute atomic E-state index is 14.2. The van der Waals surface area contributed by atoms with E-state index in [2.05, 4.69) is 9.97 Å². The van der Waals surface area contributed by atoms with Crippen LogP contribution in [0.3, 0.4) is 0 Å². The van der Waals surface area contributed by atoms with Crippen LogP contribution in [0.2, 0.25) is 0 Å². The second-order valence-electron chi connectivity index (χ2n) is 4.43. The number of hydrogen-bond donors (Lipinski definition) is 1. The number of alkyl halides is 6. The van der Waals surface area contributed by atoms with E-state index in [1.165, 1.54) is 0 Å². The van der Waals surface area contributed by atoms with Gasteiger partial charge in [0, 0.05) is 18.3 Å². The summed E-state index contributed by atoms with van der Waals surface area (Å²) in [4.78, 5) is 6.35. The average molecular weight is 339 g/mol. The highest BCUT2D eigenvalue weighted by molar-refractivity contribution is 5.63. The van der Waals surface area contributed by atoms with Crippen molar-refractivity contribution < 1.29 is 30.7 Å². The van der Waals surface area contributed by atoms with Crippen molar-refractivity contribution in [3.63, 3.8) is 0 Å². The predicted molar refractivity (Wildman–Crippen MR) is 65.3 cm³/mol. The van der Waals surface area contributed by atoms with E-state index in [-0.39, 0.29) is 5.56 Å². The number of rotatable bonds is 2. The van der Waals surface area contributed by atoms with Gasteiger partial charge in [-0.25, -0.2) is 14.4 Å². The van der Waals surface area contributed by atoms with E-state index >= 15 is 0 Å². The summed E-state index contributed by atoms with van der Waals surface area (Å²) in [7, 11) is 0. The molecule has 0 saturated heterocycles. The minimum absolute atomic E-state index is 0.297. The van der Waals surface area contributed by atoms with Crippen molar-refractivity contribution in [3.05, 3.63) is 47.0 Å². The molecule has 0 atom stereocenters. The molecule has 2 aromatic rings. The zero-order valence-corrected chi connectivity index (χ0v) is 11.1. The van der Waals surface area contributed by atoms with E-state index in [1.54, 1.807) is 0 Å². The third-order valence-electron chi connectivity index (χ3n) is 2.92. The lowest BCUT2D eigenvalue weighted by atomic mass is 10.0. The Morgan fingerprint density at radius 2 is 1.61 bits per heavy atom. The van der Waals surface area contributed by atoms with Crippen LogP contribution in [-0.4, -0.2) is 9.97 Å². The summed E-state index contributed by atoms with van der Waals surface area (Å²) in [6.45, 7) is -0.435. The molecule has 0 fully saturated rings. The van der Waals surface area contributed by atoms with Gasteiger partial charge in [-0.15, -0.1) is 0 Å². The van der Waals surface area contributed by atoms with Crippen LogP contribution < -0.4 is 5.73 Å². The molecule has 3 nitrogen and oxygen atoms in total. The van der Waals surface area contributed by atoms with Gasteiger partial charge in [0.25, 0.3) is 0 Å². The van der Waals surface area contributed by atoms with Crippen LogP contribution in [0, 0.1) is 5.82 Å². The van der Waals surface area contributed by atoms with Gasteiger partial charge in [0.15, 0.2) is 5.82 Å². The summed E-state index contributed by atoms with van der Waals surface area (Å²) >= 11 is 0. The topological polar surface area (TPSA) is 51.8 Å². The molecule has 0 amide bonds. The zero-order valence-electron chi connectivity index (χ0n) is 11.1. The van der Waals surface area contributed by atoms with Gasteiger partial charge in [-0.2, -0.15) is 26.3 Å². The molecule has 0 saturated carbocycles. The average Bonchev–Trinajstić information content (AvgIpc) is 2.45. The summed E-state index contributed by atoms with van der Waals surface area (Å²) in [5, 5.41) is 0. The minimum Gasteiger partial charge on any atom is -0.326 e. The Balaban J connectivity index is 2.76. The summed E-state index contributed by atoms with van der Waals surface area (Å²) in [5.74, 6) is -2.42. The standard InChI is InChI=1S/C13H8F7N3/c14-10-6(5-21)1-2-7(12(15,16)17)9(10)11-22-4-3-8(23-11)13(18,19)20/h1-4H,5,21H2. The molecule has 2 rings (SSSR count). The van der Waals surface area contributed by atoms with Crippen LogP contribution in [0.4, 0.5) is 30.7 Å². The van der Waals surface area contributed by atoms with Crippen LogP contribution in [0.25, 0.3) is 11.4 Å². The Morgan fingerprint density at radius 1 is 0.957 bits per heavy atom. The SMILES string of the molecule is NCc1ccc(C(F)(F)F)c(-c2nccc(C(F)(F)F)n2)c1F. The first-order chi connectivity index (χ1) is 10.6. The molecular formula is C13H8F7N3. The Hall–Kier alpha value is -2.23. The Bertz CT molecular complexity index is 722. The fraction of sp³-hybridized carbons (Fsp3) is 0.231. The summed E-state index contributed by atoms with van der Waals surface area (Å²) in [6.07, 6.45) is -9.29. The van der Waals surface area contributed by atoms with Gasteiger partial charge < -0.3 is 5.73 Å². The summed E-state index contributed by atoms with van der Waals surface area (Å²) in [5.41, 5.74) is 0.797. The van der Waals surface area contributed by atoms with E-state index in [9.17, 15) is 30.7 Å². The quantitative estimate of drug-likeness (QED) is 0.847. The van der Waals surface area contributed by atoms with Gasteiger partial charge in [-0.1, -0.05) is 6.07 Å². The van der Waals surface area contributed by atoms with Crippen LogP contribution in [0.1, 0.15) is 16.8 Å². The smallest absolute Gasteiger partial charge is 0.326 e. The maximum atomic E-state index is 14.2. The van der Waals surface area contributed by atoms with Gasteiger partial charge in [-0.05, 0) is 12.1 Å². The van der Waals surface area contributed by atoms with Gasteiger partial charge in [-0.3, -0.25) is 0 Å². The highest BCUT2D eigenvalue weighted by atomic mass is 19.4. The maximum Gasteiger partial charge on any atom is 0.433 e. The summed E-state index contributed by atoms with van der Waals surface area (Å²) in [6, 6.07) is 1.82. The molecular weight excluding hydrogens is 331 g/mol. The van der Waals surface area contributed by atoms with Gasteiger partial charge in [0.1, 0.15) is 11.5 Å². The first kappa shape index (κ1) is 17.1. The van der Waals surface area contributed by atoms with Crippen LogP contribution in [-0.2, 0) is 18.9 Å². The molecule has 0 aliphatic heterocycles. The predicted octanol–water partition coefficient (Wildman–Crippen LogP) is 3.78. The monoisotopic (exact) mass is 339 g/mol. The lowest BCUT2D eigenvalue weighted by Crippen LogP contribution is -2.14. The zero-order chi connectivity index (χ0) is 17.4. The van der Waals surface area contributed by atoms with Gasteiger partial charge in [0.05, 0.1) is 11.1 Å². The molecule has 0 radical (unpaired) electrons. The number of aromatic nitrogens is 2. The largest absolute Gasteiger partial charge is 0.433 e. The van der Waals surface area contributed by atoms with Crippen molar-refractivity contribution in [2.45, 2.75) is 18.9 Å². The Morgan fingerprint density at radius 3 is 2.13 bits per heavy atom. The second kappa shape index (κ2) is 5.76. The molecule has 0 bridgehead atoms. The molecule has 0 spiro atoms. The van der Waals surface area contributed by atoms with Crippen molar-refractivity contribution in [1.82, 2.24) is 9.97 Å². The lowest BCUT2D eigenvalue weighted by molar-refractivity contribution is -0.141. The highest BCUT2D eigenvalue weighted by Crippen LogP contribution is 2.39. The van der Waals surface area contributed by atoms with E-state index in [0.717, 1.165) is 6.07 Å². The van der Waals surface area contributed by atoms with Crippen molar-refractivity contribution in [2.24, 2.45) is 5.73 Å². The lowest BCUT2D eigenvalue weighted by Gasteiger charge is -2.15. The molecule has 124 valence electrons. The second-order valence-corrected chi connectivity index (χ2v) is 4.43. The van der Waals surface area contributed by atoms with E-state index in [1.807, 2.05) is 0 Å². The normalized spacial score (nSPS) is 12.5. The Labute approximate surface area is 125 Å².